The minimum absolute atomic E-state index is 0.135. The van der Waals surface area contributed by atoms with Gasteiger partial charge in [0.25, 0.3) is 0 Å². The quantitative estimate of drug-likeness (QED) is 0.717. The molecule has 0 atom stereocenters. The number of thiazole rings is 1. The largest absolute Gasteiger partial charge is 0.489 e. The van der Waals surface area contributed by atoms with E-state index in [-0.39, 0.29) is 6.10 Å². The topological polar surface area (TPSA) is 42.8 Å². The van der Waals surface area contributed by atoms with E-state index >= 15 is 0 Å². The van der Waals surface area contributed by atoms with Crippen molar-refractivity contribution >= 4 is 34.6 Å². The number of ether oxygens (including phenoxy) is 1. The van der Waals surface area contributed by atoms with Gasteiger partial charge in [-0.1, -0.05) is 6.07 Å². The van der Waals surface area contributed by atoms with Crippen LogP contribution in [-0.4, -0.2) is 20.6 Å². The van der Waals surface area contributed by atoms with Crippen molar-refractivity contribution < 1.29 is 4.74 Å². The molecule has 0 aliphatic heterocycles. The van der Waals surface area contributed by atoms with E-state index in [2.05, 4.69) is 26.0 Å². The van der Waals surface area contributed by atoms with Gasteiger partial charge in [0, 0.05) is 18.3 Å². The minimum Gasteiger partial charge on any atom is -0.489 e. The lowest BCUT2D eigenvalue weighted by molar-refractivity contribution is 0.245. The van der Waals surface area contributed by atoms with Gasteiger partial charge in [0.1, 0.15) is 11.3 Å². The summed E-state index contributed by atoms with van der Waals surface area (Å²) in [7, 11) is 0. The molecule has 0 saturated heterocycles. The molecule has 3 aromatic rings. The number of aromatic nitrogens is 3. The molecule has 0 saturated carbocycles. The Hall–Kier alpha value is -1.66. The van der Waals surface area contributed by atoms with Gasteiger partial charge in [-0.2, -0.15) is 0 Å². The number of H-pyrrole nitrogens is 1. The van der Waals surface area contributed by atoms with Crippen molar-refractivity contribution in [2.24, 2.45) is 0 Å². The second-order valence-electron chi connectivity index (χ2n) is 5.13. The molecule has 0 radical (unpaired) electrons. The maximum atomic E-state index is 5.84. The maximum absolute atomic E-state index is 5.84. The highest BCUT2D eigenvalue weighted by molar-refractivity contribution is 7.71. The summed E-state index contributed by atoms with van der Waals surface area (Å²) in [6, 6.07) is 6.04. The molecule has 21 heavy (non-hydrogen) atoms. The Bertz CT molecular complexity index is 787. The smallest absolute Gasteiger partial charge is 0.178 e. The molecule has 0 amide bonds. The Balaban J connectivity index is 1.95. The first-order chi connectivity index (χ1) is 10.1. The fraction of sp³-hybridized carbons (Fsp3) is 0.333. The number of aryl methyl sites for hydroxylation is 2. The van der Waals surface area contributed by atoms with Gasteiger partial charge in [-0.25, -0.2) is 4.98 Å². The third-order valence-electron chi connectivity index (χ3n) is 3.21. The van der Waals surface area contributed by atoms with Gasteiger partial charge in [-0.05, 0) is 38.2 Å². The van der Waals surface area contributed by atoms with E-state index in [9.17, 15) is 0 Å². The van der Waals surface area contributed by atoms with Crippen LogP contribution in [0.4, 0.5) is 0 Å². The molecule has 4 nitrogen and oxygen atoms in total. The normalized spacial score (nSPS) is 11.4. The molecule has 0 fully saturated rings. The first-order valence-corrected chi connectivity index (χ1v) is 8.25. The van der Waals surface area contributed by atoms with Crippen LogP contribution < -0.4 is 4.74 Å². The van der Waals surface area contributed by atoms with Gasteiger partial charge < -0.3 is 14.3 Å². The number of nitrogens with one attached hydrogen (secondary N) is 1. The zero-order chi connectivity index (χ0) is 14.8. The summed E-state index contributed by atoms with van der Waals surface area (Å²) in [6.07, 6.45) is 1.01. The second-order valence-corrected chi connectivity index (χ2v) is 6.23. The van der Waals surface area contributed by atoms with Gasteiger partial charge in [-0.15, -0.1) is 11.3 Å². The van der Waals surface area contributed by atoms with Gasteiger partial charge in [0.15, 0.2) is 4.77 Å². The summed E-state index contributed by atoms with van der Waals surface area (Å²) < 4.78 is 8.68. The van der Waals surface area contributed by atoms with Crippen LogP contribution in [0.1, 0.15) is 19.5 Å². The van der Waals surface area contributed by atoms with Crippen LogP contribution in [0.3, 0.4) is 0 Å². The zero-order valence-corrected chi connectivity index (χ0v) is 13.6. The number of hydrogen-bond acceptors (Lipinski definition) is 4. The molecule has 6 heteroatoms. The number of benzene rings is 1. The Labute approximate surface area is 132 Å². The molecule has 0 aliphatic carbocycles. The third kappa shape index (κ3) is 3.01. The highest BCUT2D eigenvalue weighted by Crippen LogP contribution is 2.26. The molecule has 110 valence electrons. The molecule has 0 spiro atoms. The van der Waals surface area contributed by atoms with Crippen molar-refractivity contribution in [1.82, 2.24) is 14.5 Å². The molecule has 0 aliphatic rings. The molecular weight excluding hydrogens is 302 g/mol. The summed E-state index contributed by atoms with van der Waals surface area (Å²) in [5, 5.41) is 2.08. The van der Waals surface area contributed by atoms with Crippen LogP contribution in [0, 0.1) is 4.77 Å². The Kier molecular flexibility index (Phi) is 4.07. The summed E-state index contributed by atoms with van der Waals surface area (Å²) >= 11 is 7.07. The maximum Gasteiger partial charge on any atom is 0.178 e. The van der Waals surface area contributed by atoms with E-state index in [0.717, 1.165) is 40.2 Å². The summed E-state index contributed by atoms with van der Waals surface area (Å²) in [6.45, 7) is 4.85. The van der Waals surface area contributed by atoms with Gasteiger partial charge in [0.05, 0.1) is 22.8 Å². The number of aromatic amines is 1. The fourth-order valence-electron chi connectivity index (χ4n) is 2.32. The van der Waals surface area contributed by atoms with Crippen LogP contribution in [0.5, 0.6) is 5.75 Å². The van der Waals surface area contributed by atoms with Gasteiger partial charge >= 0.3 is 0 Å². The predicted molar refractivity (Wildman–Crippen MR) is 88.7 cm³/mol. The number of rotatable bonds is 5. The number of hydrogen-bond donors (Lipinski definition) is 1. The Morgan fingerprint density at radius 2 is 2.29 bits per heavy atom. The number of nitrogens with zero attached hydrogens (tertiary/aromatic N) is 2. The Morgan fingerprint density at radius 1 is 1.43 bits per heavy atom. The summed E-state index contributed by atoms with van der Waals surface area (Å²) in [5.41, 5.74) is 5.01. The molecule has 2 heterocycles. The first-order valence-electron chi connectivity index (χ1n) is 6.90. The lowest BCUT2D eigenvalue weighted by atomic mass is 10.2. The third-order valence-corrected chi connectivity index (χ3v) is 4.17. The van der Waals surface area contributed by atoms with Crippen molar-refractivity contribution in [3.05, 3.63) is 39.6 Å². The van der Waals surface area contributed by atoms with E-state index in [1.807, 2.05) is 31.5 Å². The minimum atomic E-state index is 0.135. The number of para-hydroxylation sites is 1. The SMILES string of the molecule is CC(C)Oc1cccc2c1[nH]c(=S)n2CCc1cscn1. The van der Waals surface area contributed by atoms with Crippen LogP contribution >= 0.6 is 23.6 Å². The molecule has 3 rings (SSSR count). The van der Waals surface area contributed by atoms with E-state index in [4.69, 9.17) is 17.0 Å². The van der Waals surface area contributed by atoms with Crippen LogP contribution in [0.2, 0.25) is 0 Å². The number of fused-ring (bicyclic) bond motifs is 1. The van der Waals surface area contributed by atoms with E-state index in [1.165, 1.54) is 0 Å². The van der Waals surface area contributed by atoms with E-state index < -0.39 is 0 Å². The molecule has 0 unspecified atom stereocenters. The molecule has 2 aromatic heterocycles. The zero-order valence-electron chi connectivity index (χ0n) is 12.0. The fourth-order valence-corrected chi connectivity index (χ4v) is 3.20. The first kappa shape index (κ1) is 14.3. The van der Waals surface area contributed by atoms with Crippen molar-refractivity contribution in [2.75, 3.05) is 0 Å². The highest BCUT2D eigenvalue weighted by Gasteiger charge is 2.10. The predicted octanol–water partition coefficient (Wildman–Crippen LogP) is 4.19. The summed E-state index contributed by atoms with van der Waals surface area (Å²) in [4.78, 5) is 7.58. The second kappa shape index (κ2) is 5.99. The van der Waals surface area contributed by atoms with Crippen LogP contribution in [0.15, 0.2) is 29.1 Å². The van der Waals surface area contributed by atoms with E-state index in [1.54, 1.807) is 11.3 Å². The molecule has 1 N–H and O–H groups in total. The molecular formula is C15H17N3OS2. The van der Waals surface area contributed by atoms with Crippen molar-refractivity contribution in [1.29, 1.82) is 0 Å². The average molecular weight is 319 g/mol. The lowest BCUT2D eigenvalue weighted by Gasteiger charge is -2.10. The lowest BCUT2D eigenvalue weighted by Crippen LogP contribution is -2.06. The van der Waals surface area contributed by atoms with Crippen LogP contribution in [-0.2, 0) is 13.0 Å². The monoisotopic (exact) mass is 319 g/mol. The average Bonchev–Trinajstić information content (AvgIpc) is 3.04. The molecule has 1 aromatic carbocycles. The van der Waals surface area contributed by atoms with Gasteiger partial charge in [-0.3, -0.25) is 0 Å². The Morgan fingerprint density at radius 3 is 3.00 bits per heavy atom. The van der Waals surface area contributed by atoms with Crippen molar-refractivity contribution in [3.8, 4) is 5.75 Å². The summed E-state index contributed by atoms with van der Waals surface area (Å²) in [5.74, 6) is 0.848. The number of imidazole rings is 1. The van der Waals surface area contributed by atoms with Crippen LogP contribution in [0.25, 0.3) is 11.0 Å². The van der Waals surface area contributed by atoms with Crippen molar-refractivity contribution in [2.45, 2.75) is 32.9 Å². The van der Waals surface area contributed by atoms with E-state index in [0.29, 0.717) is 0 Å². The van der Waals surface area contributed by atoms with Crippen molar-refractivity contribution in [3.63, 3.8) is 0 Å². The highest BCUT2D eigenvalue weighted by atomic mass is 32.1. The van der Waals surface area contributed by atoms with Gasteiger partial charge in [0.2, 0.25) is 0 Å². The standard InChI is InChI=1S/C15H17N3OS2/c1-10(2)19-13-5-3-4-12-14(13)17-15(20)18(12)7-6-11-8-21-9-16-11/h3-5,8-10H,6-7H2,1-2H3,(H,17,20). The molecule has 0 bridgehead atoms.